The molecule has 7 rings (SSSR count). The maximum Gasteiger partial charge on any atom is 0.254 e. The second kappa shape index (κ2) is 20.9. The van der Waals surface area contributed by atoms with Crippen molar-refractivity contribution in [3.05, 3.63) is 154 Å². The van der Waals surface area contributed by atoms with E-state index in [1.54, 1.807) is 29.6 Å². The van der Waals surface area contributed by atoms with Crippen molar-refractivity contribution in [3.63, 3.8) is 0 Å². The smallest absolute Gasteiger partial charge is 0.254 e. The number of halogens is 2. The number of aromatic nitrogens is 2. The van der Waals surface area contributed by atoms with Crippen LogP contribution in [0, 0.1) is 10.8 Å². The van der Waals surface area contributed by atoms with Crippen LogP contribution in [-0.4, -0.2) is 107 Å². The number of likely N-dealkylation sites (N-methyl/N-ethyl adjacent to an activating group) is 1. The number of amides is 1. The fraction of sp³-hybridized carbons (Fsp3) is 0.373. The molecule has 3 fully saturated rings. The van der Waals surface area contributed by atoms with Gasteiger partial charge in [0.05, 0.1) is 28.3 Å². The Bertz CT molecular complexity index is 2400. The van der Waals surface area contributed by atoms with Gasteiger partial charge in [-0.2, -0.15) is 0 Å². The first-order valence-electron chi connectivity index (χ1n) is 22.3. The number of rotatable bonds is 20. The molecule has 3 saturated heterocycles. The molecule has 3 aliphatic rings. The number of piperidine rings is 1. The van der Waals surface area contributed by atoms with Crippen LogP contribution in [0.2, 0.25) is 10.0 Å². The summed E-state index contributed by atoms with van der Waals surface area (Å²) in [5.41, 5.74) is 15.2. The van der Waals surface area contributed by atoms with E-state index < -0.39 is 0 Å². The Kier molecular flexibility index (Phi) is 15.3. The van der Waals surface area contributed by atoms with Gasteiger partial charge in [0.25, 0.3) is 5.91 Å². The largest absolute Gasteiger partial charge is 0.398 e. The number of benzene rings is 2. The molecule has 4 aromatic rings. The normalized spacial score (nSPS) is 16.8. The van der Waals surface area contributed by atoms with E-state index in [-0.39, 0.29) is 17.9 Å². The number of allylic oxidation sites excluding steroid dienone is 1. The van der Waals surface area contributed by atoms with E-state index >= 15 is 0 Å². The molecule has 0 bridgehead atoms. The van der Waals surface area contributed by atoms with Crippen LogP contribution in [0.1, 0.15) is 76.7 Å². The van der Waals surface area contributed by atoms with Crippen molar-refractivity contribution in [3.8, 4) is 0 Å². The van der Waals surface area contributed by atoms with E-state index in [1.165, 1.54) is 0 Å². The number of nitrogens with one attached hydrogen (secondary N) is 3. The maximum atomic E-state index is 13.7. The first-order chi connectivity index (χ1) is 31.2. The molecule has 14 heteroatoms. The molecular formula is C51H62Cl2N10OS. The number of likely N-dealkylation sites (tertiary alicyclic amines) is 1. The Morgan fingerprint density at radius 1 is 1.05 bits per heavy atom. The monoisotopic (exact) mass is 932 g/mol. The number of carbonyl (C=O) groups excluding carboxylic acids is 1. The third kappa shape index (κ3) is 10.9. The molecule has 11 nitrogen and oxygen atoms in total. The molecule has 2 aromatic carbocycles. The molecule has 1 unspecified atom stereocenters. The Morgan fingerprint density at radius 2 is 1.77 bits per heavy atom. The van der Waals surface area contributed by atoms with Crippen LogP contribution >= 0.6 is 35.1 Å². The van der Waals surface area contributed by atoms with Gasteiger partial charge in [0, 0.05) is 128 Å². The molecule has 65 heavy (non-hydrogen) atoms. The van der Waals surface area contributed by atoms with Crippen molar-refractivity contribution in [2.45, 2.75) is 56.2 Å². The minimum atomic E-state index is -0.121. The summed E-state index contributed by atoms with van der Waals surface area (Å²) in [5, 5.41) is 17.3. The predicted octanol–water partition coefficient (Wildman–Crippen LogP) is 9.77. The Labute approximate surface area is 399 Å². The number of nitrogens with two attached hydrogens (primary N) is 1. The summed E-state index contributed by atoms with van der Waals surface area (Å²) >= 11 is 14.9. The van der Waals surface area contributed by atoms with Crippen LogP contribution in [0.25, 0.3) is 6.08 Å². The zero-order valence-electron chi connectivity index (χ0n) is 37.9. The molecule has 5 heterocycles. The lowest BCUT2D eigenvalue weighted by Crippen LogP contribution is -2.71. The van der Waals surface area contributed by atoms with E-state index in [1.807, 2.05) is 80.7 Å². The second-order valence-corrected chi connectivity index (χ2v) is 20.0. The Balaban J connectivity index is 0.833. The van der Waals surface area contributed by atoms with Crippen molar-refractivity contribution in [1.82, 2.24) is 29.4 Å². The Hall–Kier alpha value is -5.27. The molecular weight excluding hydrogens is 872 g/mol. The lowest BCUT2D eigenvalue weighted by Gasteiger charge is -2.60. The van der Waals surface area contributed by atoms with Gasteiger partial charge in [-0.1, -0.05) is 86.1 Å². The average Bonchev–Trinajstić information content (AvgIpc) is 3.28. The van der Waals surface area contributed by atoms with Crippen molar-refractivity contribution in [1.29, 1.82) is 5.41 Å². The second-order valence-electron chi connectivity index (χ2n) is 17.8. The molecule has 0 radical (unpaired) electrons. The molecule has 1 amide bonds. The van der Waals surface area contributed by atoms with E-state index in [9.17, 15) is 4.79 Å². The van der Waals surface area contributed by atoms with E-state index in [0.29, 0.717) is 56.2 Å². The molecule has 5 N–H and O–H groups in total. The lowest BCUT2D eigenvalue weighted by atomic mass is 9.74. The van der Waals surface area contributed by atoms with Gasteiger partial charge in [-0.25, -0.2) is 9.29 Å². The SMILES string of the molecule is C=Cc1c(NCC(=C)N2CCC(SN3CC4(C3)CN(c3ccc(C(=N)c5cc(C[C@H](C)c6c(Cl)cncc6Cl)ccc5N)cn3)C4)CC2)cccc1C(=O)N(C)C(C=C)CCC(=C)NC. The molecule has 0 aliphatic carbocycles. The van der Waals surface area contributed by atoms with Gasteiger partial charge in [0.15, 0.2) is 0 Å². The van der Waals surface area contributed by atoms with Crippen molar-refractivity contribution in [2.75, 3.05) is 75.9 Å². The van der Waals surface area contributed by atoms with Crippen molar-refractivity contribution >= 4 is 70.0 Å². The van der Waals surface area contributed by atoms with Gasteiger partial charge in [-0.15, -0.1) is 6.58 Å². The van der Waals surface area contributed by atoms with Crippen LogP contribution in [0.4, 0.5) is 17.2 Å². The van der Waals surface area contributed by atoms with Gasteiger partial charge >= 0.3 is 0 Å². The van der Waals surface area contributed by atoms with E-state index in [0.717, 1.165) is 110 Å². The van der Waals surface area contributed by atoms with Gasteiger partial charge in [-0.05, 0) is 85.5 Å². The van der Waals surface area contributed by atoms with Gasteiger partial charge in [-0.3, -0.25) is 15.2 Å². The number of hydrogen-bond donors (Lipinski definition) is 4. The summed E-state index contributed by atoms with van der Waals surface area (Å²) in [7, 11) is 3.68. The zero-order valence-corrected chi connectivity index (χ0v) is 40.2. The highest BCUT2D eigenvalue weighted by Crippen LogP contribution is 2.46. The number of anilines is 3. The third-order valence-electron chi connectivity index (χ3n) is 13.1. The minimum Gasteiger partial charge on any atom is -0.398 e. The summed E-state index contributed by atoms with van der Waals surface area (Å²) in [6.07, 6.45) is 13.0. The fourth-order valence-corrected chi connectivity index (χ4v) is 11.5. The molecule has 1 spiro atoms. The third-order valence-corrected chi connectivity index (χ3v) is 15.1. The van der Waals surface area contributed by atoms with Crippen molar-refractivity contribution in [2.24, 2.45) is 5.41 Å². The summed E-state index contributed by atoms with van der Waals surface area (Å²) in [6.45, 7) is 25.2. The number of pyridine rings is 2. The molecule has 2 aromatic heterocycles. The minimum absolute atomic E-state index is 0.0546. The zero-order chi connectivity index (χ0) is 46.4. The molecule has 2 atom stereocenters. The highest BCUT2D eigenvalue weighted by atomic mass is 35.5. The van der Waals surface area contributed by atoms with Crippen LogP contribution < -0.4 is 21.3 Å². The standard InChI is InChI=1S/C51H62Cl2N10OS/c1-8-38(16-13-34(4)56-6)60(7)50(64)41-11-10-12-46(40(41)9-2)58-25-35(5)61-21-19-39(20-22-61)65-63-31-51(32-63)29-62(30-51)47-18-15-37(26-59-47)49(55)42-24-36(14-17-45(42)54)23-33(3)48-43(52)27-57-28-44(48)53/h8-12,14-15,17-18,24,26-28,33,38-39,55-56,58H,1-2,4-5,13,16,19-23,25,29-32,54H2,3,6-7H3/t33-,38?/m0/s1. The Morgan fingerprint density at radius 3 is 2.42 bits per heavy atom. The predicted molar refractivity (Wildman–Crippen MR) is 273 cm³/mol. The molecule has 0 saturated carbocycles. The molecule has 342 valence electrons. The topological polar surface area (TPSA) is 130 Å². The first kappa shape index (κ1) is 47.7. The maximum absolute atomic E-state index is 13.7. The van der Waals surface area contributed by atoms with Gasteiger partial charge in [0.2, 0.25) is 0 Å². The van der Waals surface area contributed by atoms with Crippen LogP contribution in [-0.2, 0) is 6.42 Å². The van der Waals surface area contributed by atoms with E-state index in [2.05, 4.69) is 63.0 Å². The van der Waals surface area contributed by atoms with Gasteiger partial charge in [0.1, 0.15) is 5.82 Å². The number of hydrogen-bond acceptors (Lipinski definition) is 11. The van der Waals surface area contributed by atoms with Crippen molar-refractivity contribution < 1.29 is 4.79 Å². The van der Waals surface area contributed by atoms with Gasteiger partial charge < -0.3 is 31.1 Å². The number of carbonyl (C=O) groups is 1. The average molecular weight is 934 g/mol. The van der Waals surface area contributed by atoms with Crippen LogP contribution in [0.3, 0.4) is 0 Å². The fourth-order valence-electron chi connectivity index (χ4n) is 9.25. The van der Waals surface area contributed by atoms with Crippen LogP contribution in [0.15, 0.2) is 111 Å². The number of nitrogens with zero attached hydrogens (tertiary/aromatic N) is 6. The summed E-state index contributed by atoms with van der Waals surface area (Å²) in [6, 6.07) is 15.5. The van der Waals surface area contributed by atoms with Crippen LogP contribution in [0.5, 0.6) is 0 Å². The lowest BCUT2D eigenvalue weighted by molar-refractivity contribution is 0.0463. The van der Waals surface area contributed by atoms with E-state index in [4.69, 9.17) is 39.3 Å². The summed E-state index contributed by atoms with van der Waals surface area (Å²) < 4.78 is 2.55. The summed E-state index contributed by atoms with van der Waals surface area (Å²) in [4.78, 5) is 29.0. The highest BCUT2D eigenvalue weighted by Gasteiger charge is 2.52. The first-order valence-corrected chi connectivity index (χ1v) is 23.9. The summed E-state index contributed by atoms with van der Waals surface area (Å²) in [5.74, 6) is 0.925. The highest BCUT2D eigenvalue weighted by molar-refractivity contribution is 7.97. The molecule has 3 aliphatic heterocycles. The quantitative estimate of drug-likeness (QED) is 0.0294. The number of nitrogen functional groups attached to an aromatic ring is 1.